The van der Waals surface area contributed by atoms with Gasteiger partial charge in [-0.2, -0.15) is 0 Å². The van der Waals surface area contributed by atoms with Crippen molar-refractivity contribution < 1.29 is 9.18 Å². The highest BCUT2D eigenvalue weighted by Gasteiger charge is 2.24. The molecule has 16 heavy (non-hydrogen) atoms. The van der Waals surface area contributed by atoms with Gasteiger partial charge in [0, 0.05) is 11.6 Å². The Kier molecular flexibility index (Phi) is 3.19. The Morgan fingerprint density at radius 2 is 2.25 bits per heavy atom. The van der Waals surface area contributed by atoms with E-state index in [1.54, 1.807) is 6.07 Å². The van der Waals surface area contributed by atoms with Crippen molar-refractivity contribution in [2.75, 3.05) is 6.54 Å². The minimum Gasteiger partial charge on any atom is -0.349 e. The fraction of sp³-hybridized carbons (Fsp3) is 0.417. The van der Waals surface area contributed by atoms with E-state index < -0.39 is 0 Å². The van der Waals surface area contributed by atoms with Gasteiger partial charge in [0.05, 0.1) is 0 Å². The second-order valence-corrected chi connectivity index (χ2v) is 4.09. The lowest BCUT2D eigenvalue weighted by Crippen LogP contribution is -2.27. The number of hydrogen-bond acceptors (Lipinski definition) is 2. The van der Waals surface area contributed by atoms with Gasteiger partial charge in [-0.3, -0.25) is 4.79 Å². The van der Waals surface area contributed by atoms with Crippen molar-refractivity contribution >= 4 is 5.91 Å². The van der Waals surface area contributed by atoms with E-state index in [9.17, 15) is 9.18 Å². The summed E-state index contributed by atoms with van der Waals surface area (Å²) < 4.78 is 13.1. The fourth-order valence-electron chi connectivity index (χ4n) is 1.62. The molecule has 1 aromatic rings. The van der Waals surface area contributed by atoms with Gasteiger partial charge in [-0.25, -0.2) is 4.39 Å². The molecule has 1 aliphatic carbocycles. The fourth-order valence-corrected chi connectivity index (χ4v) is 1.62. The molecule has 3 nitrogen and oxygen atoms in total. The number of rotatable bonds is 4. The number of nitrogens with one attached hydrogen (secondary N) is 1. The lowest BCUT2D eigenvalue weighted by Gasteiger charge is -2.09. The van der Waals surface area contributed by atoms with Crippen LogP contribution in [0.4, 0.5) is 4.39 Å². The third-order valence-corrected chi connectivity index (χ3v) is 2.64. The molecule has 1 aromatic carbocycles. The highest BCUT2D eigenvalue weighted by molar-refractivity contribution is 5.96. The van der Waals surface area contributed by atoms with Crippen molar-refractivity contribution in [2.45, 2.75) is 25.3 Å². The van der Waals surface area contributed by atoms with Gasteiger partial charge in [-0.05, 0) is 43.5 Å². The Morgan fingerprint density at radius 1 is 1.50 bits per heavy atom. The van der Waals surface area contributed by atoms with Gasteiger partial charge in [0.15, 0.2) is 0 Å². The first-order valence-corrected chi connectivity index (χ1v) is 5.50. The highest BCUT2D eigenvalue weighted by atomic mass is 19.1. The summed E-state index contributed by atoms with van der Waals surface area (Å²) in [6.45, 7) is 0.454. The van der Waals surface area contributed by atoms with Crippen LogP contribution in [0.25, 0.3) is 0 Å². The van der Waals surface area contributed by atoms with Crippen LogP contribution >= 0.6 is 0 Å². The van der Waals surface area contributed by atoms with Crippen molar-refractivity contribution in [3.63, 3.8) is 0 Å². The number of amides is 1. The second-order valence-electron chi connectivity index (χ2n) is 4.09. The maximum atomic E-state index is 13.1. The minimum absolute atomic E-state index is 0.189. The number of carbonyl (C=O) groups excluding carboxylic acids is 1. The van der Waals surface area contributed by atoms with Gasteiger partial charge in [-0.15, -0.1) is 0 Å². The maximum absolute atomic E-state index is 13.1. The zero-order valence-corrected chi connectivity index (χ0v) is 9.00. The van der Waals surface area contributed by atoms with Crippen LogP contribution in [0, 0.1) is 5.82 Å². The maximum Gasteiger partial charge on any atom is 0.251 e. The molecule has 0 bridgehead atoms. The molecule has 3 N–H and O–H groups in total. The molecule has 0 heterocycles. The van der Waals surface area contributed by atoms with E-state index in [1.807, 2.05) is 0 Å². The van der Waals surface area contributed by atoms with Crippen molar-refractivity contribution in [3.8, 4) is 0 Å². The molecule has 0 spiro atoms. The van der Waals surface area contributed by atoms with Crippen LogP contribution in [0.2, 0.25) is 0 Å². The van der Waals surface area contributed by atoms with E-state index in [-0.39, 0.29) is 17.8 Å². The molecular formula is C12H15FN2O. The normalized spacial score (nSPS) is 14.9. The van der Waals surface area contributed by atoms with Crippen LogP contribution in [-0.2, 0) is 6.42 Å². The zero-order chi connectivity index (χ0) is 11.5. The monoisotopic (exact) mass is 222 g/mol. The molecule has 0 atom stereocenters. The van der Waals surface area contributed by atoms with E-state index in [0.717, 1.165) is 18.4 Å². The summed E-state index contributed by atoms with van der Waals surface area (Å²) in [7, 11) is 0. The largest absolute Gasteiger partial charge is 0.349 e. The topological polar surface area (TPSA) is 55.1 Å². The number of hydrogen-bond donors (Lipinski definition) is 2. The summed E-state index contributed by atoms with van der Waals surface area (Å²) in [4.78, 5) is 11.8. The highest BCUT2D eigenvalue weighted by Crippen LogP contribution is 2.20. The van der Waals surface area contributed by atoms with E-state index in [0.29, 0.717) is 18.5 Å². The summed E-state index contributed by atoms with van der Waals surface area (Å²) >= 11 is 0. The van der Waals surface area contributed by atoms with Crippen LogP contribution in [0.5, 0.6) is 0 Å². The number of benzene rings is 1. The third kappa shape index (κ3) is 2.58. The first-order valence-electron chi connectivity index (χ1n) is 5.50. The van der Waals surface area contributed by atoms with Crippen LogP contribution in [0.1, 0.15) is 28.8 Å². The van der Waals surface area contributed by atoms with Crippen LogP contribution in [-0.4, -0.2) is 18.5 Å². The number of nitrogens with two attached hydrogens (primary N) is 1. The zero-order valence-electron chi connectivity index (χ0n) is 9.00. The molecule has 0 aliphatic heterocycles. The van der Waals surface area contributed by atoms with Gasteiger partial charge in [-0.1, -0.05) is 6.07 Å². The van der Waals surface area contributed by atoms with Gasteiger partial charge < -0.3 is 11.1 Å². The molecule has 1 amide bonds. The summed E-state index contributed by atoms with van der Waals surface area (Å²) in [6, 6.07) is 4.55. The molecule has 1 fully saturated rings. The van der Waals surface area contributed by atoms with Gasteiger partial charge in [0.25, 0.3) is 5.91 Å². The average molecular weight is 222 g/mol. The van der Waals surface area contributed by atoms with Crippen molar-refractivity contribution in [2.24, 2.45) is 5.73 Å². The second kappa shape index (κ2) is 4.61. The van der Waals surface area contributed by atoms with E-state index in [2.05, 4.69) is 5.32 Å². The molecule has 0 aromatic heterocycles. The molecule has 1 aliphatic rings. The molecule has 2 rings (SSSR count). The SMILES string of the molecule is NCCc1ccc(F)cc1C(=O)NC1CC1. The van der Waals surface area contributed by atoms with E-state index >= 15 is 0 Å². The van der Waals surface area contributed by atoms with Crippen molar-refractivity contribution in [1.29, 1.82) is 0 Å². The average Bonchev–Trinajstić information content (AvgIpc) is 3.05. The number of halogens is 1. The lowest BCUT2D eigenvalue weighted by atomic mass is 10.0. The van der Waals surface area contributed by atoms with Crippen LogP contribution < -0.4 is 11.1 Å². The molecule has 0 unspecified atom stereocenters. The molecule has 0 radical (unpaired) electrons. The number of carbonyl (C=O) groups is 1. The quantitative estimate of drug-likeness (QED) is 0.804. The van der Waals surface area contributed by atoms with Crippen molar-refractivity contribution in [3.05, 3.63) is 35.1 Å². The van der Waals surface area contributed by atoms with Gasteiger partial charge in [0.1, 0.15) is 5.82 Å². The van der Waals surface area contributed by atoms with E-state index in [1.165, 1.54) is 12.1 Å². The molecule has 1 saturated carbocycles. The van der Waals surface area contributed by atoms with Gasteiger partial charge >= 0.3 is 0 Å². The Bertz CT molecular complexity index is 402. The Labute approximate surface area is 93.8 Å². The minimum atomic E-state index is -0.387. The molecule has 4 heteroatoms. The Balaban J connectivity index is 2.20. The Hall–Kier alpha value is -1.42. The molecule has 86 valence electrons. The Morgan fingerprint density at radius 3 is 2.88 bits per heavy atom. The van der Waals surface area contributed by atoms with Gasteiger partial charge in [0.2, 0.25) is 0 Å². The summed E-state index contributed by atoms with van der Waals surface area (Å²) in [5, 5.41) is 2.85. The first-order chi connectivity index (χ1) is 7.70. The summed E-state index contributed by atoms with van der Waals surface area (Å²) in [5.74, 6) is -0.577. The van der Waals surface area contributed by atoms with Crippen molar-refractivity contribution in [1.82, 2.24) is 5.32 Å². The predicted molar refractivity (Wildman–Crippen MR) is 59.6 cm³/mol. The third-order valence-electron chi connectivity index (χ3n) is 2.64. The van der Waals surface area contributed by atoms with Crippen LogP contribution in [0.15, 0.2) is 18.2 Å². The summed E-state index contributed by atoms with van der Waals surface area (Å²) in [5.41, 5.74) is 6.68. The first kappa shape index (κ1) is 11.1. The molecule has 0 saturated heterocycles. The summed E-state index contributed by atoms with van der Waals surface area (Å²) in [6.07, 6.45) is 2.63. The van der Waals surface area contributed by atoms with E-state index in [4.69, 9.17) is 5.73 Å². The smallest absolute Gasteiger partial charge is 0.251 e. The molecular weight excluding hydrogens is 207 g/mol. The lowest BCUT2D eigenvalue weighted by molar-refractivity contribution is 0.0949. The predicted octanol–water partition coefficient (Wildman–Crippen LogP) is 1.22. The van der Waals surface area contributed by atoms with Crippen LogP contribution in [0.3, 0.4) is 0 Å². The standard InChI is InChI=1S/C12H15FN2O/c13-9-2-1-8(5-6-14)11(7-9)12(16)15-10-3-4-10/h1-2,7,10H,3-6,14H2,(H,15,16).